The Morgan fingerprint density at radius 1 is 1.38 bits per heavy atom. The minimum atomic E-state index is -0.617. The molecule has 2 saturated heterocycles. The number of aliphatic hydroxyl groups is 2. The summed E-state index contributed by atoms with van der Waals surface area (Å²) in [5.74, 6) is 0.183. The number of hydrogen-bond acceptors (Lipinski definition) is 7. The van der Waals surface area contributed by atoms with Crippen LogP contribution in [0.25, 0.3) is 0 Å². The minimum absolute atomic E-state index is 0.00551. The van der Waals surface area contributed by atoms with Gasteiger partial charge in [-0.2, -0.15) is 5.10 Å². The minimum Gasteiger partial charge on any atom is -0.392 e. The summed E-state index contributed by atoms with van der Waals surface area (Å²) >= 11 is 1.98. The van der Waals surface area contributed by atoms with E-state index in [0.29, 0.717) is 5.25 Å². The Labute approximate surface area is 176 Å². The number of β-amino-alcohol motifs (C(OH)–C–C–N with tert-alkyl or cyclic N) is 1. The monoisotopic (exact) mass is 414 g/mol. The zero-order chi connectivity index (χ0) is 20.1. The maximum atomic E-state index is 10.8. The molecule has 1 aliphatic carbocycles. The van der Waals surface area contributed by atoms with Crippen LogP contribution in [0.15, 0.2) is 52.3 Å². The molecule has 4 aliphatic heterocycles. The molecule has 0 aromatic carbocycles. The normalized spacial score (nSPS) is 39.2. The van der Waals surface area contributed by atoms with Crippen LogP contribution in [0.3, 0.4) is 0 Å². The van der Waals surface area contributed by atoms with Gasteiger partial charge in [-0.05, 0) is 44.0 Å². The van der Waals surface area contributed by atoms with Gasteiger partial charge in [-0.15, -0.1) is 11.8 Å². The fraction of sp³-hybridized carbons (Fsp3) is 0.591. The Bertz CT molecular complexity index is 820. The van der Waals surface area contributed by atoms with Crippen molar-refractivity contribution in [1.29, 1.82) is 0 Å². The maximum absolute atomic E-state index is 10.8. The smallest absolute Gasteiger partial charge is 0.140 e. The summed E-state index contributed by atoms with van der Waals surface area (Å²) in [5, 5.41) is 25.8. The van der Waals surface area contributed by atoms with Crippen molar-refractivity contribution in [3.05, 3.63) is 47.2 Å². The number of hydrogen-bond donors (Lipinski definition) is 3. The lowest BCUT2D eigenvalue weighted by atomic mass is 9.75. The lowest BCUT2D eigenvalue weighted by Gasteiger charge is -2.44. The van der Waals surface area contributed by atoms with E-state index in [1.54, 1.807) is 6.20 Å². The highest BCUT2D eigenvalue weighted by Crippen LogP contribution is 2.46. The van der Waals surface area contributed by atoms with Gasteiger partial charge in [-0.3, -0.25) is 4.90 Å². The van der Waals surface area contributed by atoms with Crippen LogP contribution in [-0.2, 0) is 0 Å². The third-order valence-electron chi connectivity index (χ3n) is 6.86. The first-order valence-electron chi connectivity index (χ1n) is 10.7. The zero-order valence-corrected chi connectivity index (χ0v) is 17.7. The van der Waals surface area contributed by atoms with Crippen molar-refractivity contribution in [3.8, 4) is 0 Å². The highest BCUT2D eigenvalue weighted by atomic mass is 32.2. The summed E-state index contributed by atoms with van der Waals surface area (Å²) in [5.41, 5.74) is 6.72. The molecule has 4 heterocycles. The zero-order valence-electron chi connectivity index (χ0n) is 16.9. The van der Waals surface area contributed by atoms with Crippen LogP contribution in [0, 0.1) is 11.8 Å². The molecule has 6 nitrogen and oxygen atoms in total. The number of aliphatic hydroxyl groups excluding tert-OH is 2. The van der Waals surface area contributed by atoms with Gasteiger partial charge >= 0.3 is 0 Å². The quantitative estimate of drug-likeness (QED) is 0.654. The number of nitrogens with zero attached hydrogens (tertiary/aromatic N) is 3. The molecule has 6 atom stereocenters. The number of allylic oxidation sites excluding steroid dienone is 5. The van der Waals surface area contributed by atoms with Gasteiger partial charge in [0.05, 0.1) is 23.8 Å². The van der Waals surface area contributed by atoms with Gasteiger partial charge < -0.3 is 20.5 Å². The Morgan fingerprint density at radius 3 is 3.00 bits per heavy atom. The van der Waals surface area contributed by atoms with Gasteiger partial charge in [0, 0.05) is 41.4 Å². The molecule has 0 saturated carbocycles. The van der Waals surface area contributed by atoms with Gasteiger partial charge in [0.25, 0.3) is 0 Å². The molecule has 6 unspecified atom stereocenters. The van der Waals surface area contributed by atoms with Crippen LogP contribution in [0.4, 0.5) is 0 Å². The van der Waals surface area contributed by atoms with Gasteiger partial charge in [-0.1, -0.05) is 18.7 Å². The SMILES string of the molecule is C=CN1C2=CC=C(C3=CCC(CN4CCC(O)C4)S3)CC2C2=NNC(C)C2C1O. The summed E-state index contributed by atoms with van der Waals surface area (Å²) in [6.07, 6.45) is 10.6. The second-order valence-electron chi connectivity index (χ2n) is 8.77. The number of thioether (sulfide) groups is 1. The molecule has 2 fully saturated rings. The number of fused-ring (bicyclic) bond motifs is 3. The number of piperidine rings is 1. The summed E-state index contributed by atoms with van der Waals surface area (Å²) in [7, 11) is 0. The number of likely N-dealkylation sites (tertiary alicyclic amines) is 2. The molecule has 0 amide bonds. The number of nitrogens with one attached hydrogen (secondary N) is 1. The van der Waals surface area contributed by atoms with Gasteiger partial charge in [0.15, 0.2) is 0 Å². The van der Waals surface area contributed by atoms with Crippen LogP contribution in [0.2, 0.25) is 0 Å². The molecule has 29 heavy (non-hydrogen) atoms. The van der Waals surface area contributed by atoms with E-state index in [9.17, 15) is 10.2 Å². The first kappa shape index (κ1) is 19.4. The summed E-state index contributed by atoms with van der Waals surface area (Å²) < 4.78 is 0. The van der Waals surface area contributed by atoms with E-state index in [2.05, 4.69) is 47.2 Å². The molecule has 3 N–H and O–H groups in total. The Morgan fingerprint density at radius 2 is 2.24 bits per heavy atom. The number of rotatable bonds is 4. The van der Waals surface area contributed by atoms with Crippen molar-refractivity contribution in [2.24, 2.45) is 16.9 Å². The topological polar surface area (TPSA) is 71.3 Å². The van der Waals surface area contributed by atoms with E-state index >= 15 is 0 Å². The molecule has 5 rings (SSSR count). The van der Waals surface area contributed by atoms with Crippen LogP contribution >= 0.6 is 11.8 Å². The molecular weight excluding hydrogens is 384 g/mol. The van der Waals surface area contributed by atoms with Crippen molar-refractivity contribution in [2.75, 3.05) is 19.6 Å². The van der Waals surface area contributed by atoms with E-state index in [1.807, 2.05) is 16.7 Å². The molecule has 5 aliphatic rings. The van der Waals surface area contributed by atoms with Crippen molar-refractivity contribution in [3.63, 3.8) is 0 Å². The van der Waals surface area contributed by atoms with Crippen LogP contribution in [-0.4, -0.2) is 69.0 Å². The van der Waals surface area contributed by atoms with Crippen molar-refractivity contribution in [2.45, 2.75) is 49.8 Å². The Kier molecular flexibility index (Phi) is 5.10. The van der Waals surface area contributed by atoms with E-state index in [1.165, 1.54) is 10.5 Å². The summed E-state index contributed by atoms with van der Waals surface area (Å²) in [6, 6.07) is 0.124. The first-order chi connectivity index (χ1) is 14.0. The largest absolute Gasteiger partial charge is 0.392 e. The predicted molar refractivity (Wildman–Crippen MR) is 117 cm³/mol. The molecule has 0 radical (unpaired) electrons. The highest BCUT2D eigenvalue weighted by molar-refractivity contribution is 8.04. The number of hydrazone groups is 1. The fourth-order valence-corrected chi connectivity index (χ4v) is 6.68. The molecule has 0 spiro atoms. The van der Waals surface area contributed by atoms with Gasteiger partial charge in [-0.25, -0.2) is 0 Å². The highest BCUT2D eigenvalue weighted by Gasteiger charge is 2.48. The predicted octanol–water partition coefficient (Wildman–Crippen LogP) is 2.01. The third kappa shape index (κ3) is 3.38. The van der Waals surface area contributed by atoms with E-state index in [0.717, 1.165) is 50.3 Å². The first-order valence-corrected chi connectivity index (χ1v) is 11.5. The van der Waals surface area contributed by atoms with Crippen molar-refractivity contribution < 1.29 is 10.2 Å². The van der Waals surface area contributed by atoms with Crippen molar-refractivity contribution in [1.82, 2.24) is 15.2 Å². The third-order valence-corrected chi connectivity index (χ3v) is 8.22. The lowest BCUT2D eigenvalue weighted by molar-refractivity contribution is 0.00880. The average molecular weight is 415 g/mol. The second kappa shape index (κ2) is 7.61. The standard InChI is InChI=1S/C22H30N4O2S/c1-3-26-18-6-4-14(10-17(18)21-20(22(26)28)13(2)23-24-21)19-7-5-16(29-19)12-25-9-8-15(27)11-25/h3-4,6-7,13,15-17,20,22-23,27-28H,1,5,8-12H2,2H3. The Hall–Kier alpha value is -1.54. The van der Waals surface area contributed by atoms with Gasteiger partial charge in [0.2, 0.25) is 0 Å². The van der Waals surface area contributed by atoms with E-state index < -0.39 is 6.23 Å². The fourth-order valence-electron chi connectivity index (χ4n) is 5.35. The lowest BCUT2D eigenvalue weighted by Crippen LogP contribution is -2.52. The molecule has 0 aromatic rings. The average Bonchev–Trinajstić information content (AvgIpc) is 3.43. The molecule has 0 bridgehead atoms. The summed E-state index contributed by atoms with van der Waals surface area (Å²) in [4.78, 5) is 5.70. The van der Waals surface area contributed by atoms with Gasteiger partial charge in [0.1, 0.15) is 6.23 Å². The summed E-state index contributed by atoms with van der Waals surface area (Å²) in [6.45, 7) is 8.88. The van der Waals surface area contributed by atoms with E-state index in [-0.39, 0.29) is 24.0 Å². The van der Waals surface area contributed by atoms with Crippen LogP contribution in [0.1, 0.15) is 26.2 Å². The Balaban J connectivity index is 1.31. The maximum Gasteiger partial charge on any atom is 0.140 e. The van der Waals surface area contributed by atoms with Crippen molar-refractivity contribution >= 4 is 17.5 Å². The second-order valence-corrected chi connectivity index (χ2v) is 10.1. The molecule has 0 aromatic heterocycles. The molecule has 7 heteroatoms. The van der Waals surface area contributed by atoms with Crippen LogP contribution < -0.4 is 5.43 Å². The molecule has 156 valence electrons. The van der Waals surface area contributed by atoms with Crippen LogP contribution in [0.5, 0.6) is 0 Å². The van der Waals surface area contributed by atoms with E-state index in [4.69, 9.17) is 0 Å². The molecular formula is C22H30N4O2S.